The average Bonchev–Trinajstić information content (AvgIpc) is 3.32. The number of benzene rings is 1. The number of nitrogens with zero attached hydrogens (tertiary/aromatic N) is 4. The van der Waals surface area contributed by atoms with Gasteiger partial charge in [-0.25, -0.2) is 4.68 Å². The molecule has 1 aromatic carbocycles. The maximum absolute atomic E-state index is 12.1. The molecule has 0 aliphatic carbocycles. The summed E-state index contributed by atoms with van der Waals surface area (Å²) in [5.41, 5.74) is 2.67. The molecule has 8 heteroatoms. The van der Waals surface area contributed by atoms with Crippen molar-refractivity contribution in [3.63, 3.8) is 0 Å². The number of nitrogens with one attached hydrogen (secondary N) is 1. The number of hydrogen-bond donors (Lipinski definition) is 1. The van der Waals surface area contributed by atoms with Gasteiger partial charge >= 0.3 is 0 Å². The number of furan rings is 1. The first-order valence-corrected chi connectivity index (χ1v) is 10.2. The first-order valence-electron chi connectivity index (χ1n) is 9.19. The fourth-order valence-corrected chi connectivity index (χ4v) is 3.35. The van der Waals surface area contributed by atoms with Crippen molar-refractivity contribution in [1.29, 1.82) is 0 Å². The molecule has 1 N–H and O–H groups in total. The third kappa shape index (κ3) is 5.69. The van der Waals surface area contributed by atoms with E-state index in [1.807, 2.05) is 12.1 Å². The molecule has 3 aromatic rings. The number of rotatable bonds is 8. The maximum atomic E-state index is 12.1. The Morgan fingerprint density at radius 3 is 2.68 bits per heavy atom. The molecule has 148 valence electrons. The Kier molecular flexibility index (Phi) is 6.51. The lowest BCUT2D eigenvalue weighted by Crippen LogP contribution is -2.27. The van der Waals surface area contributed by atoms with Gasteiger partial charge in [-0.1, -0.05) is 56.8 Å². The van der Waals surface area contributed by atoms with Crippen LogP contribution in [0.1, 0.15) is 37.7 Å². The van der Waals surface area contributed by atoms with Crippen LogP contribution in [0.5, 0.6) is 0 Å². The number of aromatic nitrogens is 4. The van der Waals surface area contributed by atoms with Crippen LogP contribution in [0.25, 0.3) is 0 Å². The summed E-state index contributed by atoms with van der Waals surface area (Å²) in [6.07, 6.45) is 2.41. The van der Waals surface area contributed by atoms with E-state index >= 15 is 0 Å². The molecule has 0 bridgehead atoms. The van der Waals surface area contributed by atoms with E-state index < -0.39 is 0 Å². The van der Waals surface area contributed by atoms with Crippen molar-refractivity contribution >= 4 is 17.7 Å². The first-order chi connectivity index (χ1) is 13.4. The summed E-state index contributed by atoms with van der Waals surface area (Å²) >= 11 is 1.31. The van der Waals surface area contributed by atoms with Gasteiger partial charge in [0.2, 0.25) is 11.1 Å². The third-order valence-corrected chi connectivity index (χ3v) is 5.23. The van der Waals surface area contributed by atoms with Crippen LogP contribution in [0.3, 0.4) is 0 Å². The molecule has 0 aliphatic rings. The van der Waals surface area contributed by atoms with Crippen molar-refractivity contribution in [2.45, 2.75) is 44.3 Å². The second-order valence-corrected chi connectivity index (χ2v) is 8.48. The third-order valence-electron chi connectivity index (χ3n) is 4.27. The maximum Gasteiger partial charge on any atom is 0.230 e. The fraction of sp³-hybridized carbons (Fsp3) is 0.400. The van der Waals surface area contributed by atoms with Crippen LogP contribution in [0, 0.1) is 0 Å². The number of carbonyl (C=O) groups excluding carboxylic acids is 1. The summed E-state index contributed by atoms with van der Waals surface area (Å²) in [6.45, 7) is 7.64. The number of tetrazole rings is 1. The van der Waals surface area contributed by atoms with E-state index in [1.165, 1.54) is 22.9 Å². The van der Waals surface area contributed by atoms with Gasteiger partial charge in [0.1, 0.15) is 12.3 Å². The monoisotopic (exact) mass is 399 g/mol. The SMILES string of the molecule is CC(C)(C)c1ccc(CCNC(=O)CSc2nnnn2Cc2ccco2)cc1. The molecule has 0 saturated heterocycles. The van der Waals surface area contributed by atoms with Crippen molar-refractivity contribution in [1.82, 2.24) is 25.5 Å². The van der Waals surface area contributed by atoms with Gasteiger partial charge in [0, 0.05) is 6.54 Å². The lowest BCUT2D eigenvalue weighted by Gasteiger charge is -2.19. The van der Waals surface area contributed by atoms with Crippen LogP contribution in [-0.4, -0.2) is 38.4 Å². The van der Waals surface area contributed by atoms with E-state index in [0.717, 1.165) is 12.2 Å². The van der Waals surface area contributed by atoms with Crippen LogP contribution in [0.2, 0.25) is 0 Å². The van der Waals surface area contributed by atoms with Crippen molar-refractivity contribution in [3.8, 4) is 0 Å². The van der Waals surface area contributed by atoms with E-state index in [1.54, 1.807) is 10.9 Å². The Labute approximate surface area is 168 Å². The molecule has 1 amide bonds. The van der Waals surface area contributed by atoms with Gasteiger partial charge in [-0.15, -0.1) is 5.10 Å². The zero-order valence-electron chi connectivity index (χ0n) is 16.4. The molecular formula is C20H25N5O2S. The topological polar surface area (TPSA) is 85.8 Å². The number of amides is 1. The van der Waals surface area contributed by atoms with Crippen LogP contribution >= 0.6 is 11.8 Å². The summed E-state index contributed by atoms with van der Waals surface area (Å²) in [7, 11) is 0. The molecule has 0 fully saturated rings. The Morgan fingerprint density at radius 1 is 1.21 bits per heavy atom. The van der Waals surface area contributed by atoms with Gasteiger partial charge in [0.15, 0.2) is 0 Å². The van der Waals surface area contributed by atoms with Gasteiger partial charge in [0.25, 0.3) is 0 Å². The number of carbonyl (C=O) groups is 1. The highest BCUT2D eigenvalue weighted by Crippen LogP contribution is 2.22. The second kappa shape index (κ2) is 9.05. The van der Waals surface area contributed by atoms with E-state index in [9.17, 15) is 4.79 Å². The fourth-order valence-electron chi connectivity index (χ4n) is 2.65. The highest BCUT2D eigenvalue weighted by Gasteiger charge is 2.13. The van der Waals surface area contributed by atoms with Crippen LogP contribution < -0.4 is 5.32 Å². The predicted octanol–water partition coefficient (Wildman–Crippen LogP) is 3.06. The molecule has 3 rings (SSSR count). The van der Waals surface area contributed by atoms with E-state index in [2.05, 4.69) is 65.9 Å². The summed E-state index contributed by atoms with van der Waals surface area (Å²) in [5.74, 6) is 0.988. The summed E-state index contributed by atoms with van der Waals surface area (Å²) in [5, 5.41) is 15.1. The second-order valence-electron chi connectivity index (χ2n) is 7.53. The Balaban J connectivity index is 1.41. The lowest BCUT2D eigenvalue weighted by atomic mass is 9.86. The van der Waals surface area contributed by atoms with Gasteiger partial charge in [0.05, 0.1) is 12.0 Å². The van der Waals surface area contributed by atoms with Crippen LogP contribution in [0.4, 0.5) is 0 Å². The van der Waals surface area contributed by atoms with Crippen molar-refractivity contribution in [2.24, 2.45) is 0 Å². The predicted molar refractivity (Wildman–Crippen MR) is 108 cm³/mol. The molecule has 0 saturated carbocycles. The molecule has 0 spiro atoms. The number of hydrogen-bond acceptors (Lipinski definition) is 6. The summed E-state index contributed by atoms with van der Waals surface area (Å²) in [6, 6.07) is 12.2. The smallest absolute Gasteiger partial charge is 0.230 e. The molecule has 2 heterocycles. The Morgan fingerprint density at radius 2 is 2.00 bits per heavy atom. The van der Waals surface area contributed by atoms with Gasteiger partial charge < -0.3 is 9.73 Å². The molecular weight excluding hydrogens is 374 g/mol. The van der Waals surface area contributed by atoms with E-state index in [-0.39, 0.29) is 17.1 Å². The summed E-state index contributed by atoms with van der Waals surface area (Å²) in [4.78, 5) is 12.1. The number of thioether (sulfide) groups is 1. The van der Waals surface area contributed by atoms with Gasteiger partial charge in [-0.2, -0.15) is 0 Å². The Bertz CT molecular complexity index is 882. The van der Waals surface area contributed by atoms with Gasteiger partial charge in [-0.05, 0) is 45.5 Å². The zero-order chi connectivity index (χ0) is 20.0. The van der Waals surface area contributed by atoms with Gasteiger partial charge in [-0.3, -0.25) is 4.79 Å². The highest BCUT2D eigenvalue weighted by molar-refractivity contribution is 7.99. The standard InChI is InChI=1S/C20H25N5O2S/c1-20(2,3)16-8-6-15(7-9-16)10-11-21-18(26)14-28-19-22-23-24-25(19)13-17-5-4-12-27-17/h4-9,12H,10-11,13-14H2,1-3H3,(H,21,26). The normalized spacial score (nSPS) is 11.5. The highest BCUT2D eigenvalue weighted by atomic mass is 32.2. The molecule has 0 atom stereocenters. The van der Waals surface area contributed by atoms with Crippen molar-refractivity contribution in [3.05, 3.63) is 59.5 Å². The lowest BCUT2D eigenvalue weighted by molar-refractivity contribution is -0.118. The molecule has 0 aliphatic heterocycles. The van der Waals surface area contributed by atoms with Crippen molar-refractivity contribution < 1.29 is 9.21 Å². The minimum atomic E-state index is -0.0381. The van der Waals surface area contributed by atoms with Crippen LogP contribution in [-0.2, 0) is 23.2 Å². The van der Waals surface area contributed by atoms with Crippen molar-refractivity contribution in [2.75, 3.05) is 12.3 Å². The molecule has 7 nitrogen and oxygen atoms in total. The quantitative estimate of drug-likeness (QED) is 0.586. The molecule has 0 unspecified atom stereocenters. The minimum absolute atomic E-state index is 0.0381. The van der Waals surface area contributed by atoms with E-state index in [0.29, 0.717) is 18.2 Å². The Hall–Kier alpha value is -2.61. The molecule has 28 heavy (non-hydrogen) atoms. The van der Waals surface area contributed by atoms with E-state index in [4.69, 9.17) is 4.42 Å². The average molecular weight is 400 g/mol. The minimum Gasteiger partial charge on any atom is -0.467 e. The molecule has 0 radical (unpaired) electrons. The zero-order valence-corrected chi connectivity index (χ0v) is 17.2. The van der Waals surface area contributed by atoms with Crippen LogP contribution in [0.15, 0.2) is 52.2 Å². The molecule has 2 aromatic heterocycles. The summed E-state index contributed by atoms with van der Waals surface area (Å²) < 4.78 is 6.92. The first kappa shape index (κ1) is 20.1. The largest absolute Gasteiger partial charge is 0.467 e.